The number of hydrogen-bond donors (Lipinski definition) is 2. The maximum atomic E-state index is 14.4. The average molecular weight is 536 g/mol. The number of amides is 2. The van der Waals surface area contributed by atoms with Gasteiger partial charge in [0.25, 0.3) is 0 Å². The number of para-hydroxylation sites is 2. The molecule has 0 bridgehead atoms. The molecule has 0 aliphatic carbocycles. The maximum Gasteiger partial charge on any atom is 0.247 e. The Bertz CT molecular complexity index is 1660. The molecule has 7 rings (SSSR count). The largest absolute Gasteiger partial charge is 0.461 e. The highest BCUT2D eigenvalue weighted by Crippen LogP contribution is 2.57. The van der Waals surface area contributed by atoms with Crippen molar-refractivity contribution in [3.63, 3.8) is 0 Å². The van der Waals surface area contributed by atoms with Gasteiger partial charge in [0.15, 0.2) is 5.76 Å². The van der Waals surface area contributed by atoms with Gasteiger partial charge in [-0.15, -0.1) is 0 Å². The summed E-state index contributed by atoms with van der Waals surface area (Å²) >= 11 is 6.06. The Hall–Kier alpha value is -4.62. The van der Waals surface area contributed by atoms with Crippen LogP contribution in [0.3, 0.4) is 0 Å². The second kappa shape index (κ2) is 8.71. The fourth-order valence-electron chi connectivity index (χ4n) is 6.44. The SMILES string of the molecule is O=C(c1ccco1)[C@@H]1[C@H](C(=O)Nc2ccc(Cl)cc2)N2c3ccccc3C=C[C@@H]2[C@@]12C(=O)Nc1ccccc12. The lowest BCUT2D eigenvalue weighted by Gasteiger charge is -2.37. The number of benzene rings is 3. The summed E-state index contributed by atoms with van der Waals surface area (Å²) in [6.45, 7) is 0. The Morgan fingerprint density at radius 1 is 0.949 bits per heavy atom. The Morgan fingerprint density at radius 3 is 2.51 bits per heavy atom. The first-order chi connectivity index (χ1) is 19.0. The van der Waals surface area contributed by atoms with Crippen LogP contribution in [0.1, 0.15) is 21.7 Å². The van der Waals surface area contributed by atoms with Crippen LogP contribution in [0.2, 0.25) is 5.02 Å². The molecule has 3 aliphatic heterocycles. The number of fused-ring (bicyclic) bond motifs is 6. The van der Waals surface area contributed by atoms with Crippen LogP contribution < -0.4 is 15.5 Å². The summed E-state index contributed by atoms with van der Waals surface area (Å²) < 4.78 is 5.55. The predicted octanol–water partition coefficient (Wildman–Crippen LogP) is 5.54. The maximum absolute atomic E-state index is 14.4. The van der Waals surface area contributed by atoms with Crippen molar-refractivity contribution in [3.8, 4) is 0 Å². The van der Waals surface area contributed by atoms with Gasteiger partial charge >= 0.3 is 0 Å². The molecular formula is C31H22ClN3O4. The van der Waals surface area contributed by atoms with Crippen molar-refractivity contribution in [2.45, 2.75) is 17.5 Å². The lowest BCUT2D eigenvalue weighted by molar-refractivity contribution is -0.122. The minimum absolute atomic E-state index is 0.0953. The molecular weight excluding hydrogens is 514 g/mol. The van der Waals surface area contributed by atoms with E-state index in [-0.39, 0.29) is 11.7 Å². The smallest absolute Gasteiger partial charge is 0.247 e. The van der Waals surface area contributed by atoms with Crippen LogP contribution in [0.4, 0.5) is 17.1 Å². The van der Waals surface area contributed by atoms with Crippen LogP contribution in [0.15, 0.2) is 102 Å². The van der Waals surface area contributed by atoms with Crippen LogP contribution in [0, 0.1) is 5.92 Å². The molecule has 3 aromatic carbocycles. The van der Waals surface area contributed by atoms with Gasteiger partial charge in [0.2, 0.25) is 17.6 Å². The molecule has 0 unspecified atom stereocenters. The molecule has 0 saturated carbocycles. The molecule has 0 radical (unpaired) electrons. The summed E-state index contributed by atoms with van der Waals surface area (Å²) in [7, 11) is 0. The normalized spacial score (nSPS) is 24.2. The number of carbonyl (C=O) groups is 3. The summed E-state index contributed by atoms with van der Waals surface area (Å²) in [6.07, 6.45) is 5.31. The molecule has 7 nitrogen and oxygen atoms in total. The zero-order valence-corrected chi connectivity index (χ0v) is 21.3. The van der Waals surface area contributed by atoms with Gasteiger partial charge in [-0.05, 0) is 59.7 Å². The molecule has 8 heteroatoms. The molecule has 4 atom stereocenters. The summed E-state index contributed by atoms with van der Waals surface area (Å²) in [5, 5.41) is 6.51. The van der Waals surface area contributed by atoms with Gasteiger partial charge in [0.05, 0.1) is 18.2 Å². The van der Waals surface area contributed by atoms with Crippen molar-refractivity contribution in [2.24, 2.45) is 5.92 Å². The zero-order chi connectivity index (χ0) is 26.7. The van der Waals surface area contributed by atoms with Crippen molar-refractivity contribution in [1.29, 1.82) is 0 Å². The zero-order valence-electron chi connectivity index (χ0n) is 20.5. The third kappa shape index (κ3) is 3.33. The van der Waals surface area contributed by atoms with Crippen LogP contribution in [-0.4, -0.2) is 29.7 Å². The quantitative estimate of drug-likeness (QED) is 0.335. The van der Waals surface area contributed by atoms with E-state index in [1.54, 1.807) is 36.4 Å². The summed E-state index contributed by atoms with van der Waals surface area (Å²) in [5.41, 5.74) is 2.13. The molecule has 39 heavy (non-hydrogen) atoms. The van der Waals surface area contributed by atoms with Crippen LogP contribution in [0.25, 0.3) is 6.08 Å². The van der Waals surface area contributed by atoms with E-state index in [9.17, 15) is 14.4 Å². The highest BCUT2D eigenvalue weighted by Gasteiger charge is 2.70. The highest BCUT2D eigenvalue weighted by molar-refractivity contribution is 6.30. The van der Waals surface area contributed by atoms with E-state index in [2.05, 4.69) is 10.6 Å². The molecule has 4 aromatic rings. The van der Waals surface area contributed by atoms with E-state index < -0.39 is 35.1 Å². The fraction of sp³-hybridized carbons (Fsp3) is 0.129. The van der Waals surface area contributed by atoms with Crippen LogP contribution in [0.5, 0.6) is 0 Å². The first-order valence-electron chi connectivity index (χ1n) is 12.6. The Labute approximate surface area is 229 Å². The van der Waals surface area contributed by atoms with E-state index in [1.807, 2.05) is 65.6 Å². The average Bonchev–Trinajstić information content (AvgIpc) is 3.67. The van der Waals surface area contributed by atoms with Gasteiger partial charge in [-0.25, -0.2) is 0 Å². The summed E-state index contributed by atoms with van der Waals surface area (Å²) in [4.78, 5) is 44.7. The minimum Gasteiger partial charge on any atom is -0.461 e. The second-order valence-corrected chi connectivity index (χ2v) is 10.3. The van der Waals surface area contributed by atoms with Gasteiger partial charge in [-0.2, -0.15) is 0 Å². The number of carbonyl (C=O) groups excluding carboxylic acids is 3. The number of anilines is 3. The standard InChI is InChI=1S/C31H22ClN3O4/c32-19-12-14-20(15-13-19)33-29(37)27-26(28(36)24-10-5-17-39-24)31(21-7-2-3-8-22(21)34-30(31)38)25-16-11-18-6-1-4-9-23(18)35(25)27/h1-17,25-27H,(H,33,37)(H,34,38)/t25-,26+,27-,31-/m1/s1. The van der Waals surface area contributed by atoms with E-state index >= 15 is 0 Å². The Kier molecular flexibility index (Phi) is 5.25. The highest BCUT2D eigenvalue weighted by atomic mass is 35.5. The molecule has 1 fully saturated rings. The third-order valence-corrected chi connectivity index (χ3v) is 8.22. The monoisotopic (exact) mass is 535 g/mol. The van der Waals surface area contributed by atoms with E-state index in [0.717, 1.165) is 11.3 Å². The molecule has 3 aliphatic rings. The molecule has 4 heterocycles. The van der Waals surface area contributed by atoms with Crippen molar-refractivity contribution in [1.82, 2.24) is 0 Å². The van der Waals surface area contributed by atoms with E-state index in [1.165, 1.54) is 6.26 Å². The number of nitrogens with one attached hydrogen (secondary N) is 2. The minimum atomic E-state index is -1.38. The van der Waals surface area contributed by atoms with E-state index in [4.69, 9.17) is 16.0 Å². The number of furan rings is 1. The van der Waals surface area contributed by atoms with Gasteiger partial charge in [-0.1, -0.05) is 60.2 Å². The van der Waals surface area contributed by atoms with Crippen LogP contribution in [-0.2, 0) is 15.0 Å². The Balaban J connectivity index is 1.48. The summed E-state index contributed by atoms with van der Waals surface area (Å²) in [5.74, 6) is -2.15. The molecule has 192 valence electrons. The number of halogens is 1. The fourth-order valence-corrected chi connectivity index (χ4v) is 6.57. The first-order valence-corrected chi connectivity index (χ1v) is 13.0. The molecule has 2 amide bonds. The van der Waals surface area contributed by atoms with Crippen molar-refractivity contribution in [2.75, 3.05) is 15.5 Å². The van der Waals surface area contributed by atoms with Crippen molar-refractivity contribution >= 4 is 52.3 Å². The number of Topliss-reactive ketones (excluding diaryl/α,β-unsaturated/α-hetero) is 1. The van der Waals surface area contributed by atoms with E-state index in [0.29, 0.717) is 22.0 Å². The van der Waals surface area contributed by atoms with Gasteiger partial charge < -0.3 is 20.0 Å². The molecule has 1 aromatic heterocycles. The first kappa shape index (κ1) is 23.5. The van der Waals surface area contributed by atoms with Gasteiger partial charge in [0, 0.05) is 22.1 Å². The second-order valence-electron chi connectivity index (χ2n) is 9.90. The number of rotatable bonds is 4. The Morgan fingerprint density at radius 2 is 1.72 bits per heavy atom. The van der Waals surface area contributed by atoms with Gasteiger partial charge in [-0.3, -0.25) is 14.4 Å². The predicted molar refractivity (Wildman–Crippen MR) is 149 cm³/mol. The number of hydrogen-bond acceptors (Lipinski definition) is 5. The van der Waals surface area contributed by atoms with Crippen molar-refractivity contribution < 1.29 is 18.8 Å². The van der Waals surface area contributed by atoms with Crippen molar-refractivity contribution in [3.05, 3.63) is 119 Å². The number of nitrogens with zero attached hydrogens (tertiary/aromatic N) is 1. The molecule has 1 spiro atoms. The third-order valence-electron chi connectivity index (χ3n) is 7.97. The summed E-state index contributed by atoms with van der Waals surface area (Å²) in [6, 6.07) is 23.4. The number of ketones is 1. The molecule has 2 N–H and O–H groups in total. The molecule has 1 saturated heterocycles. The lowest BCUT2D eigenvalue weighted by atomic mass is 9.65. The van der Waals surface area contributed by atoms with Gasteiger partial charge in [0.1, 0.15) is 11.5 Å². The lowest BCUT2D eigenvalue weighted by Crippen LogP contribution is -2.51. The van der Waals surface area contributed by atoms with Crippen LogP contribution >= 0.6 is 11.6 Å². The topological polar surface area (TPSA) is 91.7 Å².